The summed E-state index contributed by atoms with van der Waals surface area (Å²) in [5, 5.41) is 7.06. The van der Waals surface area contributed by atoms with Gasteiger partial charge in [0.25, 0.3) is 0 Å². The zero-order chi connectivity index (χ0) is 19.5. The fourth-order valence-electron chi connectivity index (χ4n) is 3.36. The molecule has 0 bridgehead atoms. The van der Waals surface area contributed by atoms with Crippen LogP contribution in [0.25, 0.3) is 11.0 Å². The van der Waals surface area contributed by atoms with Crippen molar-refractivity contribution in [3.63, 3.8) is 0 Å². The quantitative estimate of drug-likeness (QED) is 0.537. The van der Waals surface area contributed by atoms with E-state index in [4.69, 9.17) is 9.51 Å². The standard InChI is InChI=1S/C22H22N4O2/c1-14-17(15(2)28-26-14)13-21(27)23-20(12-16-8-4-3-5-9-16)22-24-18-10-6-7-11-19(18)25-22/h3-11,20H,12-13H2,1-2H3,(H,23,27)(H,24,25)/t20-/m1/s1. The van der Waals surface area contributed by atoms with Gasteiger partial charge in [-0.15, -0.1) is 0 Å². The molecule has 0 saturated carbocycles. The van der Waals surface area contributed by atoms with Gasteiger partial charge in [0.15, 0.2) is 0 Å². The predicted molar refractivity (Wildman–Crippen MR) is 107 cm³/mol. The number of aromatic nitrogens is 3. The van der Waals surface area contributed by atoms with Gasteiger partial charge >= 0.3 is 0 Å². The van der Waals surface area contributed by atoms with E-state index >= 15 is 0 Å². The highest BCUT2D eigenvalue weighted by Crippen LogP contribution is 2.21. The van der Waals surface area contributed by atoms with E-state index in [0.717, 1.165) is 33.7 Å². The van der Waals surface area contributed by atoms with E-state index in [1.165, 1.54) is 0 Å². The number of carbonyl (C=O) groups is 1. The second-order valence-corrected chi connectivity index (χ2v) is 6.93. The fraction of sp³-hybridized carbons (Fsp3) is 0.227. The van der Waals surface area contributed by atoms with Crippen LogP contribution in [0.15, 0.2) is 59.1 Å². The van der Waals surface area contributed by atoms with Crippen LogP contribution in [-0.4, -0.2) is 21.0 Å². The first-order chi connectivity index (χ1) is 13.6. The zero-order valence-corrected chi connectivity index (χ0v) is 15.9. The van der Waals surface area contributed by atoms with Gasteiger partial charge in [0.2, 0.25) is 5.91 Å². The van der Waals surface area contributed by atoms with Gasteiger partial charge < -0.3 is 14.8 Å². The summed E-state index contributed by atoms with van der Waals surface area (Å²) in [7, 11) is 0. The molecule has 1 atom stereocenters. The number of para-hydroxylation sites is 2. The zero-order valence-electron chi connectivity index (χ0n) is 15.9. The molecular formula is C22H22N4O2. The third kappa shape index (κ3) is 3.81. The van der Waals surface area contributed by atoms with E-state index in [1.54, 1.807) is 0 Å². The molecular weight excluding hydrogens is 352 g/mol. The van der Waals surface area contributed by atoms with E-state index in [2.05, 4.69) is 27.6 Å². The highest BCUT2D eigenvalue weighted by Gasteiger charge is 2.21. The lowest BCUT2D eigenvalue weighted by Crippen LogP contribution is -2.32. The van der Waals surface area contributed by atoms with Gasteiger partial charge in [0.1, 0.15) is 11.6 Å². The molecule has 0 saturated heterocycles. The number of aryl methyl sites for hydroxylation is 2. The first kappa shape index (κ1) is 18.0. The van der Waals surface area contributed by atoms with E-state index in [0.29, 0.717) is 12.2 Å². The number of benzene rings is 2. The summed E-state index contributed by atoms with van der Waals surface area (Å²) >= 11 is 0. The molecule has 4 aromatic rings. The Hall–Kier alpha value is -3.41. The van der Waals surface area contributed by atoms with Gasteiger partial charge in [-0.25, -0.2) is 4.98 Å². The Kier molecular flexibility index (Phi) is 4.93. The molecule has 2 N–H and O–H groups in total. The lowest BCUT2D eigenvalue weighted by molar-refractivity contribution is -0.121. The Morgan fingerprint density at radius 1 is 1.11 bits per heavy atom. The topological polar surface area (TPSA) is 83.8 Å². The molecule has 4 rings (SSSR count). The van der Waals surface area contributed by atoms with Crippen LogP contribution < -0.4 is 5.32 Å². The van der Waals surface area contributed by atoms with Crippen LogP contribution in [0, 0.1) is 13.8 Å². The Morgan fingerprint density at radius 2 is 1.86 bits per heavy atom. The molecule has 0 spiro atoms. The van der Waals surface area contributed by atoms with Gasteiger partial charge in [-0.05, 0) is 38.0 Å². The third-order valence-corrected chi connectivity index (χ3v) is 4.87. The van der Waals surface area contributed by atoms with Gasteiger partial charge in [0.05, 0.1) is 29.2 Å². The van der Waals surface area contributed by atoms with Gasteiger partial charge in [-0.1, -0.05) is 47.6 Å². The van der Waals surface area contributed by atoms with Crippen LogP contribution in [0.5, 0.6) is 0 Å². The summed E-state index contributed by atoms with van der Waals surface area (Å²) in [4.78, 5) is 20.8. The minimum absolute atomic E-state index is 0.0872. The molecule has 28 heavy (non-hydrogen) atoms. The number of rotatable bonds is 6. The van der Waals surface area contributed by atoms with E-state index in [9.17, 15) is 4.79 Å². The third-order valence-electron chi connectivity index (χ3n) is 4.87. The van der Waals surface area contributed by atoms with Crippen LogP contribution in [-0.2, 0) is 17.6 Å². The molecule has 142 valence electrons. The summed E-state index contributed by atoms with van der Waals surface area (Å²) in [5.74, 6) is 1.34. The maximum absolute atomic E-state index is 12.8. The number of nitrogens with zero attached hydrogens (tertiary/aromatic N) is 2. The van der Waals surface area contributed by atoms with Crippen LogP contribution >= 0.6 is 0 Å². The van der Waals surface area contributed by atoms with Crippen molar-refractivity contribution in [2.75, 3.05) is 0 Å². The molecule has 6 nitrogen and oxygen atoms in total. The minimum Gasteiger partial charge on any atom is -0.361 e. The second-order valence-electron chi connectivity index (χ2n) is 6.93. The average Bonchev–Trinajstić information content (AvgIpc) is 3.27. The largest absolute Gasteiger partial charge is 0.361 e. The first-order valence-electron chi connectivity index (χ1n) is 9.30. The fourth-order valence-corrected chi connectivity index (χ4v) is 3.36. The Morgan fingerprint density at radius 3 is 2.57 bits per heavy atom. The summed E-state index contributed by atoms with van der Waals surface area (Å²) in [6.45, 7) is 3.67. The lowest BCUT2D eigenvalue weighted by Gasteiger charge is -2.17. The number of hydrogen-bond acceptors (Lipinski definition) is 4. The summed E-state index contributed by atoms with van der Waals surface area (Å²) in [6.07, 6.45) is 0.876. The summed E-state index contributed by atoms with van der Waals surface area (Å²) in [5.41, 5.74) is 4.55. The van der Waals surface area contributed by atoms with Crippen molar-refractivity contribution in [1.29, 1.82) is 0 Å². The molecule has 0 aliphatic carbocycles. The first-order valence-corrected chi connectivity index (χ1v) is 9.30. The SMILES string of the molecule is Cc1noc(C)c1CC(=O)N[C@H](Cc1ccccc1)c1nc2ccccc2[nH]1. The molecule has 1 amide bonds. The van der Waals surface area contributed by atoms with Gasteiger partial charge in [0, 0.05) is 5.56 Å². The molecule has 0 aliphatic rings. The van der Waals surface area contributed by atoms with Crippen molar-refractivity contribution in [1.82, 2.24) is 20.4 Å². The van der Waals surface area contributed by atoms with Crippen LogP contribution in [0.3, 0.4) is 0 Å². The van der Waals surface area contributed by atoms with Crippen molar-refractivity contribution in [2.24, 2.45) is 0 Å². The Bertz CT molecular complexity index is 1050. The molecule has 2 heterocycles. The number of aromatic amines is 1. The lowest BCUT2D eigenvalue weighted by atomic mass is 10.0. The van der Waals surface area contributed by atoms with E-state index in [1.807, 2.05) is 56.3 Å². The molecule has 0 unspecified atom stereocenters. The number of H-pyrrole nitrogens is 1. The minimum atomic E-state index is -0.261. The predicted octanol–water partition coefficient (Wildman–Crippen LogP) is 3.81. The van der Waals surface area contributed by atoms with Crippen LogP contribution in [0.2, 0.25) is 0 Å². The average molecular weight is 374 g/mol. The van der Waals surface area contributed by atoms with Crippen molar-refractivity contribution in [2.45, 2.75) is 32.7 Å². The van der Waals surface area contributed by atoms with E-state index < -0.39 is 0 Å². The molecule has 0 radical (unpaired) electrons. The van der Waals surface area contributed by atoms with Gasteiger partial charge in [-0.2, -0.15) is 0 Å². The Balaban J connectivity index is 1.59. The highest BCUT2D eigenvalue weighted by atomic mass is 16.5. The smallest absolute Gasteiger partial charge is 0.225 e. The number of hydrogen-bond donors (Lipinski definition) is 2. The summed E-state index contributed by atoms with van der Waals surface area (Å²) in [6, 6.07) is 17.7. The Labute approximate surface area is 163 Å². The number of fused-ring (bicyclic) bond motifs is 1. The normalized spacial score (nSPS) is 12.2. The number of nitrogens with one attached hydrogen (secondary N) is 2. The van der Waals surface area contributed by atoms with Gasteiger partial charge in [-0.3, -0.25) is 4.79 Å². The number of carbonyl (C=O) groups excluding carboxylic acids is 1. The van der Waals surface area contributed by atoms with Crippen LogP contribution in [0.4, 0.5) is 0 Å². The number of imidazole rings is 1. The molecule has 6 heteroatoms. The van der Waals surface area contributed by atoms with Crippen molar-refractivity contribution < 1.29 is 9.32 Å². The van der Waals surface area contributed by atoms with Crippen LogP contribution in [0.1, 0.15) is 34.4 Å². The van der Waals surface area contributed by atoms with Crippen molar-refractivity contribution in [3.8, 4) is 0 Å². The molecule has 0 fully saturated rings. The number of amides is 1. The summed E-state index contributed by atoms with van der Waals surface area (Å²) < 4.78 is 5.17. The monoisotopic (exact) mass is 374 g/mol. The highest BCUT2D eigenvalue weighted by molar-refractivity contribution is 5.80. The maximum Gasteiger partial charge on any atom is 0.225 e. The van der Waals surface area contributed by atoms with E-state index in [-0.39, 0.29) is 18.4 Å². The maximum atomic E-state index is 12.8. The molecule has 2 aromatic carbocycles. The molecule has 0 aliphatic heterocycles. The second kappa shape index (κ2) is 7.68. The van der Waals surface area contributed by atoms with Crippen molar-refractivity contribution in [3.05, 3.63) is 83.0 Å². The molecule has 2 aromatic heterocycles. The van der Waals surface area contributed by atoms with Crippen molar-refractivity contribution >= 4 is 16.9 Å².